The van der Waals surface area contributed by atoms with Crippen molar-refractivity contribution in [3.05, 3.63) is 77.9 Å². The molecule has 0 bridgehead atoms. The fourth-order valence-electron chi connectivity index (χ4n) is 3.20. The number of para-hydroxylation sites is 1. The molecule has 2 aromatic carbocycles. The molecule has 1 saturated heterocycles. The molecule has 0 aliphatic carbocycles. The average molecular weight is 364 g/mol. The Hall–Kier alpha value is -2.85. The minimum absolute atomic E-state index is 0.0942. The molecule has 1 aromatic heterocycles. The third-order valence-electron chi connectivity index (χ3n) is 4.54. The molecule has 1 aliphatic rings. The minimum atomic E-state index is 0.0942. The highest BCUT2D eigenvalue weighted by molar-refractivity contribution is 6.33. The highest BCUT2D eigenvalue weighted by Crippen LogP contribution is 2.31. The maximum absolute atomic E-state index is 12.6. The van der Waals surface area contributed by atoms with E-state index >= 15 is 0 Å². The maximum Gasteiger partial charge on any atom is 0.246 e. The van der Waals surface area contributed by atoms with Crippen molar-refractivity contribution < 1.29 is 4.79 Å². The lowest BCUT2D eigenvalue weighted by molar-refractivity contribution is -0.117. The fraction of sp³-hybridized carbons (Fsp3) is 0.143. The van der Waals surface area contributed by atoms with Crippen molar-refractivity contribution in [2.75, 3.05) is 29.4 Å². The lowest BCUT2D eigenvalue weighted by Gasteiger charge is -2.35. The van der Waals surface area contributed by atoms with Crippen LogP contribution in [0.4, 0.5) is 11.4 Å². The second-order valence-corrected chi connectivity index (χ2v) is 6.59. The van der Waals surface area contributed by atoms with Gasteiger partial charge in [0.05, 0.1) is 17.3 Å². The number of hydrogen-bond acceptors (Lipinski definition) is 3. The SMILES string of the molecule is O=C1CN(c2ccc(Cl)c(-c3ccccn3)c2)CCN1c1ccccc1. The molecule has 4 rings (SSSR count). The van der Waals surface area contributed by atoms with Gasteiger partial charge in [0, 0.05) is 36.2 Å². The molecule has 0 unspecified atom stereocenters. The van der Waals surface area contributed by atoms with Crippen LogP contribution >= 0.6 is 11.6 Å². The van der Waals surface area contributed by atoms with Gasteiger partial charge in [0.25, 0.3) is 0 Å². The molecule has 130 valence electrons. The second-order valence-electron chi connectivity index (χ2n) is 6.18. The van der Waals surface area contributed by atoms with E-state index in [0.717, 1.165) is 29.2 Å². The van der Waals surface area contributed by atoms with Gasteiger partial charge in [-0.2, -0.15) is 0 Å². The third-order valence-corrected chi connectivity index (χ3v) is 4.87. The van der Waals surface area contributed by atoms with Crippen LogP contribution in [0.15, 0.2) is 72.9 Å². The second kappa shape index (κ2) is 7.18. The number of halogens is 1. The molecular formula is C21H18ClN3O. The number of hydrogen-bond donors (Lipinski definition) is 0. The predicted octanol–water partition coefficient (Wildman–Crippen LogP) is 4.26. The van der Waals surface area contributed by atoms with E-state index in [4.69, 9.17) is 11.6 Å². The smallest absolute Gasteiger partial charge is 0.246 e. The molecule has 26 heavy (non-hydrogen) atoms. The topological polar surface area (TPSA) is 36.4 Å². The first-order valence-corrected chi connectivity index (χ1v) is 8.91. The Morgan fingerprint density at radius 3 is 2.42 bits per heavy atom. The molecule has 0 N–H and O–H groups in total. The Morgan fingerprint density at radius 1 is 0.885 bits per heavy atom. The number of rotatable bonds is 3. The number of carbonyl (C=O) groups is 1. The number of anilines is 2. The summed E-state index contributed by atoms with van der Waals surface area (Å²) in [7, 11) is 0. The zero-order valence-corrected chi connectivity index (χ0v) is 14.9. The van der Waals surface area contributed by atoms with Crippen molar-refractivity contribution in [2.45, 2.75) is 0 Å². The summed E-state index contributed by atoms with van der Waals surface area (Å²) >= 11 is 6.37. The van der Waals surface area contributed by atoms with E-state index in [2.05, 4.69) is 9.88 Å². The van der Waals surface area contributed by atoms with E-state index in [1.54, 1.807) is 6.20 Å². The van der Waals surface area contributed by atoms with E-state index in [1.807, 2.05) is 71.6 Å². The van der Waals surface area contributed by atoms with Crippen molar-refractivity contribution in [1.29, 1.82) is 0 Å². The molecule has 1 fully saturated rings. The summed E-state index contributed by atoms with van der Waals surface area (Å²) in [5.74, 6) is 0.0942. The van der Waals surface area contributed by atoms with Gasteiger partial charge in [-0.15, -0.1) is 0 Å². The Labute approximate surface area is 157 Å². The number of aromatic nitrogens is 1. The summed E-state index contributed by atoms with van der Waals surface area (Å²) in [6.07, 6.45) is 1.75. The van der Waals surface area contributed by atoms with Gasteiger partial charge in [-0.3, -0.25) is 9.78 Å². The number of carbonyl (C=O) groups excluding carboxylic acids is 1. The summed E-state index contributed by atoms with van der Waals surface area (Å²) < 4.78 is 0. The Balaban J connectivity index is 1.57. The predicted molar refractivity (Wildman–Crippen MR) is 106 cm³/mol. The van der Waals surface area contributed by atoms with Gasteiger partial charge in [-0.25, -0.2) is 0 Å². The van der Waals surface area contributed by atoms with E-state index in [0.29, 0.717) is 18.1 Å². The van der Waals surface area contributed by atoms with Crippen LogP contribution in [0.1, 0.15) is 0 Å². The molecule has 0 saturated carbocycles. The summed E-state index contributed by atoms with van der Waals surface area (Å²) in [5.41, 5.74) is 3.63. The first kappa shape index (κ1) is 16.6. The molecule has 0 radical (unpaired) electrons. The quantitative estimate of drug-likeness (QED) is 0.697. The molecule has 4 nitrogen and oxygen atoms in total. The van der Waals surface area contributed by atoms with E-state index in [-0.39, 0.29) is 5.91 Å². The van der Waals surface area contributed by atoms with Crippen LogP contribution in [0.2, 0.25) is 5.02 Å². The van der Waals surface area contributed by atoms with Crippen LogP contribution in [0.5, 0.6) is 0 Å². The van der Waals surface area contributed by atoms with Gasteiger partial charge in [-0.05, 0) is 42.5 Å². The number of nitrogens with zero attached hydrogens (tertiary/aromatic N) is 3. The first-order valence-electron chi connectivity index (χ1n) is 8.54. The van der Waals surface area contributed by atoms with Crippen molar-refractivity contribution in [2.24, 2.45) is 0 Å². The van der Waals surface area contributed by atoms with Crippen molar-refractivity contribution in [1.82, 2.24) is 4.98 Å². The van der Waals surface area contributed by atoms with Crippen LogP contribution in [-0.2, 0) is 4.79 Å². The highest BCUT2D eigenvalue weighted by Gasteiger charge is 2.25. The Bertz CT molecular complexity index is 915. The number of piperazine rings is 1. The number of amides is 1. The van der Waals surface area contributed by atoms with Gasteiger partial charge in [0.1, 0.15) is 0 Å². The minimum Gasteiger partial charge on any atom is -0.360 e. The molecule has 3 aromatic rings. The average Bonchev–Trinajstić information content (AvgIpc) is 2.69. The molecule has 1 amide bonds. The molecule has 5 heteroatoms. The Kier molecular flexibility index (Phi) is 4.59. The van der Waals surface area contributed by atoms with Crippen LogP contribution in [0, 0.1) is 0 Å². The van der Waals surface area contributed by atoms with Gasteiger partial charge >= 0.3 is 0 Å². The van der Waals surface area contributed by atoms with Crippen LogP contribution in [-0.4, -0.2) is 30.5 Å². The van der Waals surface area contributed by atoms with E-state index < -0.39 is 0 Å². The van der Waals surface area contributed by atoms with Crippen molar-refractivity contribution in [3.8, 4) is 11.3 Å². The molecule has 0 atom stereocenters. The van der Waals surface area contributed by atoms with Crippen molar-refractivity contribution >= 4 is 28.9 Å². The summed E-state index contributed by atoms with van der Waals surface area (Å²) in [6, 6.07) is 21.4. The molecular weight excluding hydrogens is 346 g/mol. The van der Waals surface area contributed by atoms with Gasteiger partial charge in [-0.1, -0.05) is 35.9 Å². The first-order chi connectivity index (χ1) is 12.7. The Morgan fingerprint density at radius 2 is 1.69 bits per heavy atom. The summed E-state index contributed by atoms with van der Waals surface area (Å²) in [6.45, 7) is 1.77. The lowest BCUT2D eigenvalue weighted by atomic mass is 10.1. The fourth-order valence-corrected chi connectivity index (χ4v) is 3.42. The van der Waals surface area contributed by atoms with Crippen LogP contribution < -0.4 is 9.80 Å². The molecule has 0 spiro atoms. The van der Waals surface area contributed by atoms with Crippen LogP contribution in [0.25, 0.3) is 11.3 Å². The van der Waals surface area contributed by atoms with Crippen LogP contribution in [0.3, 0.4) is 0 Å². The third kappa shape index (κ3) is 3.28. The van der Waals surface area contributed by atoms with Crippen molar-refractivity contribution in [3.63, 3.8) is 0 Å². The number of pyridine rings is 1. The normalized spacial score (nSPS) is 14.6. The zero-order chi connectivity index (χ0) is 17.9. The van der Waals surface area contributed by atoms with Gasteiger partial charge in [0.15, 0.2) is 0 Å². The zero-order valence-electron chi connectivity index (χ0n) is 14.2. The summed E-state index contributed by atoms with van der Waals surface area (Å²) in [5, 5.41) is 0.654. The van der Waals surface area contributed by atoms with Gasteiger partial charge < -0.3 is 9.80 Å². The molecule has 1 aliphatic heterocycles. The lowest BCUT2D eigenvalue weighted by Crippen LogP contribution is -2.50. The highest BCUT2D eigenvalue weighted by atomic mass is 35.5. The molecule has 2 heterocycles. The van der Waals surface area contributed by atoms with E-state index in [9.17, 15) is 4.79 Å². The van der Waals surface area contributed by atoms with Gasteiger partial charge in [0.2, 0.25) is 5.91 Å². The summed E-state index contributed by atoms with van der Waals surface area (Å²) in [4.78, 5) is 21.0. The maximum atomic E-state index is 12.6. The number of benzene rings is 2. The van der Waals surface area contributed by atoms with E-state index in [1.165, 1.54) is 0 Å². The standard InChI is InChI=1S/C21H18ClN3O/c22-19-10-9-17(14-18(19)20-8-4-5-11-23-20)24-12-13-25(21(26)15-24)16-6-2-1-3-7-16/h1-11,14H,12-13,15H2. The largest absolute Gasteiger partial charge is 0.360 e. The monoisotopic (exact) mass is 363 g/mol.